The number of aromatic nitrogens is 1. The van der Waals surface area contributed by atoms with Crippen LogP contribution in [0.15, 0.2) is 18.3 Å². The summed E-state index contributed by atoms with van der Waals surface area (Å²) in [5.74, 6) is 5.80. The van der Waals surface area contributed by atoms with Gasteiger partial charge in [0.1, 0.15) is 5.69 Å². The largest absolute Gasteiger partial charge is 0.350 e. The number of hydrogen-bond donors (Lipinski definition) is 2. The number of nitrogens with two attached hydrogens (primary N) is 1. The molecule has 1 rings (SSSR count). The van der Waals surface area contributed by atoms with Crippen LogP contribution < -0.4 is 11.1 Å². The Bertz CT molecular complexity index is 521. The Morgan fingerprint density at radius 2 is 2.20 bits per heavy atom. The predicted molar refractivity (Wildman–Crippen MR) is 81.1 cm³/mol. The van der Waals surface area contributed by atoms with Crippen LogP contribution in [0.5, 0.6) is 0 Å². The Balaban J connectivity index is 2.78. The van der Waals surface area contributed by atoms with Gasteiger partial charge in [-0.2, -0.15) is 0 Å². The van der Waals surface area contributed by atoms with Crippen LogP contribution >= 0.6 is 0 Å². The minimum atomic E-state index is -0.192. The van der Waals surface area contributed by atoms with Crippen molar-refractivity contribution in [3.63, 3.8) is 0 Å². The fourth-order valence-electron chi connectivity index (χ4n) is 1.47. The number of rotatable bonds is 3. The van der Waals surface area contributed by atoms with Gasteiger partial charge in [-0.3, -0.25) is 4.79 Å². The topological polar surface area (TPSA) is 68.0 Å². The minimum Gasteiger partial charge on any atom is -0.350 e. The summed E-state index contributed by atoms with van der Waals surface area (Å²) in [6.07, 6.45) is 1.59. The normalized spacial score (nSPS) is 12.2. The Morgan fingerprint density at radius 1 is 1.50 bits per heavy atom. The highest BCUT2D eigenvalue weighted by Crippen LogP contribution is 2.24. The molecule has 0 saturated heterocycles. The molecule has 1 heterocycles. The van der Waals surface area contributed by atoms with E-state index in [9.17, 15) is 4.79 Å². The summed E-state index contributed by atoms with van der Waals surface area (Å²) in [6, 6.07) is 3.53. The molecule has 0 fully saturated rings. The fourth-order valence-corrected chi connectivity index (χ4v) is 1.47. The second kappa shape index (κ2) is 7.06. The molecule has 1 aromatic rings. The molecule has 1 atom stereocenters. The van der Waals surface area contributed by atoms with Gasteiger partial charge in [0.05, 0.1) is 12.1 Å². The highest BCUT2D eigenvalue weighted by Gasteiger charge is 2.21. The molecule has 0 radical (unpaired) electrons. The van der Waals surface area contributed by atoms with E-state index in [0.717, 1.165) is 0 Å². The average Bonchev–Trinajstić information content (AvgIpc) is 2.41. The van der Waals surface area contributed by atoms with Crippen LogP contribution in [0.1, 0.15) is 43.7 Å². The van der Waals surface area contributed by atoms with Crippen molar-refractivity contribution in [1.82, 2.24) is 10.3 Å². The maximum Gasteiger partial charge on any atom is 0.271 e. The van der Waals surface area contributed by atoms with Gasteiger partial charge in [0.2, 0.25) is 0 Å². The third kappa shape index (κ3) is 4.67. The van der Waals surface area contributed by atoms with Crippen molar-refractivity contribution in [3.05, 3.63) is 29.6 Å². The smallest absolute Gasteiger partial charge is 0.271 e. The van der Waals surface area contributed by atoms with Gasteiger partial charge in [0.15, 0.2) is 0 Å². The van der Waals surface area contributed by atoms with Crippen LogP contribution in [-0.4, -0.2) is 24.0 Å². The second-order valence-electron chi connectivity index (χ2n) is 5.88. The molecule has 0 bridgehead atoms. The van der Waals surface area contributed by atoms with E-state index in [1.165, 1.54) is 0 Å². The zero-order valence-corrected chi connectivity index (χ0v) is 12.7. The van der Waals surface area contributed by atoms with Crippen LogP contribution in [-0.2, 0) is 0 Å². The lowest BCUT2D eigenvalue weighted by molar-refractivity contribution is 0.0932. The Hall–Kier alpha value is -1.86. The first-order chi connectivity index (χ1) is 9.36. The predicted octanol–water partition coefficient (Wildman–Crippen LogP) is 1.80. The highest BCUT2D eigenvalue weighted by atomic mass is 16.1. The molecule has 108 valence electrons. The second-order valence-corrected chi connectivity index (χ2v) is 5.88. The third-order valence-electron chi connectivity index (χ3n) is 3.40. The van der Waals surface area contributed by atoms with Gasteiger partial charge in [-0.05, 0) is 23.5 Å². The molecule has 0 spiro atoms. The van der Waals surface area contributed by atoms with E-state index in [0.29, 0.717) is 23.7 Å². The van der Waals surface area contributed by atoms with E-state index >= 15 is 0 Å². The Morgan fingerprint density at radius 3 is 2.80 bits per heavy atom. The van der Waals surface area contributed by atoms with Gasteiger partial charge < -0.3 is 11.1 Å². The average molecular weight is 273 g/mol. The van der Waals surface area contributed by atoms with E-state index in [2.05, 4.69) is 49.8 Å². The van der Waals surface area contributed by atoms with Gasteiger partial charge in [-0.25, -0.2) is 4.98 Å². The first-order valence-corrected chi connectivity index (χ1v) is 6.78. The fraction of sp³-hybridized carbons (Fsp3) is 0.500. The van der Waals surface area contributed by atoms with E-state index < -0.39 is 0 Å². The lowest BCUT2D eigenvalue weighted by atomic mass is 9.82. The summed E-state index contributed by atoms with van der Waals surface area (Å²) in [5, 5.41) is 2.92. The van der Waals surface area contributed by atoms with Crippen molar-refractivity contribution in [2.24, 2.45) is 17.1 Å². The van der Waals surface area contributed by atoms with Gasteiger partial charge in [0.25, 0.3) is 5.91 Å². The summed E-state index contributed by atoms with van der Waals surface area (Å²) in [6.45, 7) is 9.46. The Labute approximate surface area is 121 Å². The molecule has 0 aliphatic rings. The van der Waals surface area contributed by atoms with Gasteiger partial charge in [-0.15, -0.1) is 0 Å². The van der Waals surface area contributed by atoms with Crippen LogP contribution in [0, 0.1) is 23.2 Å². The quantitative estimate of drug-likeness (QED) is 0.825. The number of nitrogens with one attached hydrogen (secondary N) is 1. The SMILES string of the molecule is CC(CNC(=O)c1ncccc1C#CCN)C(C)(C)C. The number of nitrogens with zero attached hydrogens (tertiary/aromatic N) is 1. The van der Waals surface area contributed by atoms with E-state index in [4.69, 9.17) is 5.73 Å². The maximum absolute atomic E-state index is 12.2. The summed E-state index contributed by atoms with van der Waals surface area (Å²) in [4.78, 5) is 16.3. The first-order valence-electron chi connectivity index (χ1n) is 6.78. The molecule has 4 nitrogen and oxygen atoms in total. The Kier molecular flexibility index (Phi) is 5.72. The molecule has 0 saturated carbocycles. The molecule has 20 heavy (non-hydrogen) atoms. The molecule has 0 aliphatic heterocycles. The zero-order chi connectivity index (χ0) is 15.2. The molecule has 0 aliphatic carbocycles. The monoisotopic (exact) mass is 273 g/mol. The van der Waals surface area contributed by atoms with E-state index in [-0.39, 0.29) is 17.9 Å². The number of carbonyl (C=O) groups is 1. The number of carbonyl (C=O) groups excluding carboxylic acids is 1. The number of hydrogen-bond acceptors (Lipinski definition) is 3. The number of pyridine rings is 1. The number of amides is 1. The minimum absolute atomic E-state index is 0.152. The van der Waals surface area contributed by atoms with Crippen molar-refractivity contribution >= 4 is 5.91 Å². The molecule has 1 amide bonds. The van der Waals surface area contributed by atoms with Gasteiger partial charge in [0, 0.05) is 12.7 Å². The highest BCUT2D eigenvalue weighted by molar-refractivity contribution is 5.94. The molecule has 3 N–H and O–H groups in total. The van der Waals surface area contributed by atoms with Crippen LogP contribution in [0.3, 0.4) is 0 Å². The van der Waals surface area contributed by atoms with Crippen molar-refractivity contribution in [2.45, 2.75) is 27.7 Å². The first kappa shape index (κ1) is 16.2. The summed E-state index contributed by atoms with van der Waals surface area (Å²) in [5.41, 5.74) is 6.47. The molecule has 1 aromatic heterocycles. The zero-order valence-electron chi connectivity index (χ0n) is 12.7. The molecule has 4 heteroatoms. The lowest BCUT2D eigenvalue weighted by Gasteiger charge is -2.27. The van der Waals surface area contributed by atoms with Crippen molar-refractivity contribution in [2.75, 3.05) is 13.1 Å². The summed E-state index contributed by atoms with van der Waals surface area (Å²) in [7, 11) is 0. The molecule has 0 aromatic carbocycles. The lowest BCUT2D eigenvalue weighted by Crippen LogP contribution is -2.34. The van der Waals surface area contributed by atoms with Gasteiger partial charge >= 0.3 is 0 Å². The van der Waals surface area contributed by atoms with Crippen LogP contribution in [0.2, 0.25) is 0 Å². The van der Waals surface area contributed by atoms with E-state index in [1.54, 1.807) is 18.3 Å². The third-order valence-corrected chi connectivity index (χ3v) is 3.40. The molecular formula is C16H23N3O. The van der Waals surface area contributed by atoms with Crippen molar-refractivity contribution in [1.29, 1.82) is 0 Å². The maximum atomic E-state index is 12.2. The summed E-state index contributed by atoms with van der Waals surface area (Å²) >= 11 is 0. The van der Waals surface area contributed by atoms with Crippen molar-refractivity contribution < 1.29 is 4.79 Å². The molecule has 1 unspecified atom stereocenters. The summed E-state index contributed by atoms with van der Waals surface area (Å²) < 4.78 is 0. The molecular weight excluding hydrogens is 250 g/mol. The van der Waals surface area contributed by atoms with Crippen molar-refractivity contribution in [3.8, 4) is 11.8 Å². The van der Waals surface area contributed by atoms with Crippen LogP contribution in [0.25, 0.3) is 0 Å². The standard InChI is InChI=1S/C16H23N3O/c1-12(16(2,3)4)11-19-15(20)14-13(7-5-9-17)8-6-10-18-14/h6,8,10,12H,9,11,17H2,1-4H3,(H,19,20). The van der Waals surface area contributed by atoms with Crippen LogP contribution in [0.4, 0.5) is 0 Å². The van der Waals surface area contributed by atoms with Gasteiger partial charge in [-0.1, -0.05) is 39.5 Å². The van der Waals surface area contributed by atoms with E-state index in [1.807, 2.05) is 0 Å².